The summed E-state index contributed by atoms with van der Waals surface area (Å²) < 4.78 is 4.87. The van der Waals surface area contributed by atoms with Gasteiger partial charge in [-0.2, -0.15) is 0 Å². The molecule has 1 aliphatic heterocycles. The number of anilines is 1. The summed E-state index contributed by atoms with van der Waals surface area (Å²) in [7, 11) is 0. The van der Waals surface area contributed by atoms with Gasteiger partial charge in [-0.05, 0) is 37.3 Å². The van der Waals surface area contributed by atoms with E-state index in [-0.39, 0.29) is 29.0 Å². The van der Waals surface area contributed by atoms with Gasteiger partial charge in [-0.15, -0.1) is 0 Å². The molecule has 0 radical (unpaired) electrons. The van der Waals surface area contributed by atoms with Gasteiger partial charge < -0.3 is 4.74 Å². The Morgan fingerprint density at radius 1 is 1.12 bits per heavy atom. The lowest BCUT2D eigenvalue weighted by molar-refractivity contribution is -0.385. The van der Waals surface area contributed by atoms with E-state index in [9.17, 15) is 24.5 Å². The Morgan fingerprint density at radius 3 is 2.40 bits per heavy atom. The number of nitro benzene ring substituents is 1. The number of rotatable bonds is 4. The molecule has 126 valence electrons. The zero-order valence-electron chi connectivity index (χ0n) is 13.1. The fourth-order valence-corrected chi connectivity index (χ4v) is 2.62. The maximum Gasteiger partial charge on any atom is 0.338 e. The van der Waals surface area contributed by atoms with Gasteiger partial charge in [0.2, 0.25) is 0 Å². The van der Waals surface area contributed by atoms with Gasteiger partial charge in [-0.3, -0.25) is 19.7 Å². The highest BCUT2D eigenvalue weighted by Gasteiger charge is 2.41. The van der Waals surface area contributed by atoms with Crippen molar-refractivity contribution < 1.29 is 24.0 Å². The normalized spacial score (nSPS) is 12.9. The average molecular weight is 340 g/mol. The van der Waals surface area contributed by atoms with Gasteiger partial charge in [-0.25, -0.2) is 9.69 Å². The smallest absolute Gasteiger partial charge is 0.338 e. The van der Waals surface area contributed by atoms with Crippen molar-refractivity contribution in [1.29, 1.82) is 0 Å². The minimum atomic E-state index is -0.767. The van der Waals surface area contributed by atoms with Crippen LogP contribution in [-0.2, 0) is 4.74 Å². The standard InChI is InChI=1S/C17H12N2O6/c1-2-25-17(22)10-6-8-11(9-7-10)18-15(20)12-4-3-5-13(19(23)24)14(12)16(18)21/h3-9H,2H2,1H3. The maximum absolute atomic E-state index is 12.6. The van der Waals surface area contributed by atoms with Crippen molar-refractivity contribution in [1.82, 2.24) is 0 Å². The molecule has 2 amide bonds. The summed E-state index contributed by atoms with van der Waals surface area (Å²) in [5.74, 6) is -1.93. The van der Waals surface area contributed by atoms with Gasteiger partial charge in [0.1, 0.15) is 5.56 Å². The molecule has 2 aromatic carbocycles. The number of carbonyl (C=O) groups is 3. The maximum atomic E-state index is 12.6. The monoisotopic (exact) mass is 340 g/mol. The summed E-state index contributed by atoms with van der Waals surface area (Å²) in [4.78, 5) is 48.0. The Morgan fingerprint density at radius 2 is 1.80 bits per heavy atom. The highest BCUT2D eigenvalue weighted by molar-refractivity contribution is 6.35. The molecular formula is C17H12N2O6. The first-order valence-electron chi connectivity index (χ1n) is 7.39. The van der Waals surface area contributed by atoms with E-state index in [1.165, 1.54) is 42.5 Å². The molecule has 8 heteroatoms. The number of benzene rings is 2. The lowest BCUT2D eigenvalue weighted by Gasteiger charge is -2.14. The van der Waals surface area contributed by atoms with Gasteiger partial charge >= 0.3 is 5.97 Å². The summed E-state index contributed by atoms with van der Waals surface area (Å²) >= 11 is 0. The first-order valence-corrected chi connectivity index (χ1v) is 7.39. The first-order chi connectivity index (χ1) is 12.0. The summed E-state index contributed by atoms with van der Waals surface area (Å²) in [6.45, 7) is 1.90. The number of hydrogen-bond acceptors (Lipinski definition) is 6. The minimum absolute atomic E-state index is 0.0198. The van der Waals surface area contributed by atoms with E-state index in [1.807, 2.05) is 0 Å². The van der Waals surface area contributed by atoms with Crippen LogP contribution in [0.15, 0.2) is 42.5 Å². The van der Waals surface area contributed by atoms with Crippen molar-refractivity contribution in [2.75, 3.05) is 11.5 Å². The third-order valence-corrected chi connectivity index (χ3v) is 3.73. The molecule has 3 rings (SSSR count). The lowest BCUT2D eigenvalue weighted by atomic mass is 10.1. The Bertz CT molecular complexity index is 904. The topological polar surface area (TPSA) is 107 Å². The van der Waals surface area contributed by atoms with Gasteiger partial charge in [-0.1, -0.05) is 6.07 Å². The van der Waals surface area contributed by atoms with E-state index >= 15 is 0 Å². The van der Waals surface area contributed by atoms with E-state index in [0.29, 0.717) is 0 Å². The van der Waals surface area contributed by atoms with Crippen molar-refractivity contribution >= 4 is 29.2 Å². The summed E-state index contributed by atoms with van der Waals surface area (Å²) in [5.41, 5.74) is -0.177. The first kappa shape index (κ1) is 16.3. The van der Waals surface area contributed by atoms with Crippen LogP contribution in [0, 0.1) is 10.1 Å². The molecule has 0 aromatic heterocycles. The van der Waals surface area contributed by atoms with E-state index in [4.69, 9.17) is 4.74 Å². The fraction of sp³-hybridized carbons (Fsp3) is 0.118. The van der Waals surface area contributed by atoms with Gasteiger partial charge in [0.05, 0.1) is 28.3 Å². The quantitative estimate of drug-likeness (QED) is 0.366. The van der Waals surface area contributed by atoms with Crippen LogP contribution < -0.4 is 4.90 Å². The number of fused-ring (bicyclic) bond motifs is 1. The van der Waals surface area contributed by atoms with Crippen LogP contribution in [-0.4, -0.2) is 29.3 Å². The second-order valence-electron chi connectivity index (χ2n) is 5.17. The number of imide groups is 1. The van der Waals surface area contributed by atoms with Crippen LogP contribution in [0.1, 0.15) is 38.0 Å². The van der Waals surface area contributed by atoms with Crippen molar-refractivity contribution in [2.24, 2.45) is 0 Å². The third-order valence-electron chi connectivity index (χ3n) is 3.73. The van der Waals surface area contributed by atoms with Gasteiger partial charge in [0.25, 0.3) is 17.5 Å². The van der Waals surface area contributed by atoms with Gasteiger partial charge in [0.15, 0.2) is 0 Å². The van der Waals surface area contributed by atoms with Crippen molar-refractivity contribution in [3.8, 4) is 0 Å². The molecule has 0 saturated carbocycles. The Kier molecular flexibility index (Phi) is 4.02. The largest absolute Gasteiger partial charge is 0.462 e. The highest BCUT2D eigenvalue weighted by atomic mass is 16.6. The summed E-state index contributed by atoms with van der Waals surface area (Å²) in [6, 6.07) is 9.58. The molecular weight excluding hydrogens is 328 g/mol. The van der Waals surface area contributed by atoms with Crippen LogP contribution in [0.4, 0.5) is 11.4 Å². The van der Waals surface area contributed by atoms with E-state index in [2.05, 4.69) is 0 Å². The lowest BCUT2D eigenvalue weighted by Crippen LogP contribution is -2.29. The Labute approximate surface area is 141 Å². The molecule has 1 aliphatic rings. The molecule has 1 heterocycles. The van der Waals surface area contributed by atoms with Crippen LogP contribution in [0.2, 0.25) is 0 Å². The van der Waals surface area contributed by atoms with Crippen LogP contribution in [0.25, 0.3) is 0 Å². The number of nitrogens with zero attached hydrogens (tertiary/aromatic N) is 2. The van der Waals surface area contributed by atoms with Crippen molar-refractivity contribution in [2.45, 2.75) is 6.92 Å². The number of hydrogen-bond donors (Lipinski definition) is 0. The number of amides is 2. The highest BCUT2D eigenvalue weighted by Crippen LogP contribution is 2.33. The Balaban J connectivity index is 1.98. The molecule has 0 saturated heterocycles. The number of esters is 1. The molecule has 0 unspecified atom stereocenters. The third kappa shape index (κ3) is 2.63. The van der Waals surface area contributed by atoms with E-state index in [0.717, 1.165) is 4.90 Å². The molecule has 0 fully saturated rings. The van der Waals surface area contributed by atoms with Crippen LogP contribution in [0.5, 0.6) is 0 Å². The van der Waals surface area contributed by atoms with Crippen LogP contribution >= 0.6 is 0 Å². The average Bonchev–Trinajstić information content (AvgIpc) is 2.86. The van der Waals surface area contributed by atoms with E-state index < -0.39 is 28.4 Å². The zero-order valence-corrected chi connectivity index (χ0v) is 13.1. The van der Waals surface area contributed by atoms with E-state index in [1.54, 1.807) is 6.92 Å². The number of nitro groups is 1. The predicted octanol–water partition coefficient (Wildman–Crippen LogP) is 2.57. The molecule has 0 bridgehead atoms. The molecule has 0 atom stereocenters. The molecule has 0 aliphatic carbocycles. The molecule has 0 spiro atoms. The SMILES string of the molecule is CCOC(=O)c1ccc(N2C(=O)c3cccc([N+](=O)[O-])c3C2=O)cc1. The molecule has 2 aromatic rings. The van der Waals surface area contributed by atoms with Crippen molar-refractivity contribution in [3.05, 3.63) is 69.3 Å². The number of carbonyl (C=O) groups excluding carboxylic acids is 3. The molecule has 0 N–H and O–H groups in total. The second kappa shape index (κ2) is 6.16. The second-order valence-corrected chi connectivity index (χ2v) is 5.17. The van der Waals surface area contributed by atoms with Crippen molar-refractivity contribution in [3.63, 3.8) is 0 Å². The molecule has 25 heavy (non-hydrogen) atoms. The summed E-state index contributed by atoms with van der Waals surface area (Å²) in [6.07, 6.45) is 0. The molecule has 8 nitrogen and oxygen atoms in total. The van der Waals surface area contributed by atoms with Gasteiger partial charge in [0, 0.05) is 6.07 Å². The number of ether oxygens (including phenoxy) is 1. The fourth-order valence-electron chi connectivity index (χ4n) is 2.62. The summed E-state index contributed by atoms with van der Waals surface area (Å²) in [5, 5.41) is 11.1. The van der Waals surface area contributed by atoms with Crippen LogP contribution in [0.3, 0.4) is 0 Å². The predicted molar refractivity (Wildman–Crippen MR) is 86.6 cm³/mol. The minimum Gasteiger partial charge on any atom is -0.462 e. The zero-order chi connectivity index (χ0) is 18.1. The Hall–Kier alpha value is -3.55.